The standard InChI is InChI=1S/C4Cl4F6O/c5-1(6,9)4(13,14)15-2(7,8)3(10,11)12. The van der Waals surface area contributed by atoms with Crippen LogP contribution in [-0.4, -0.2) is 21.4 Å². The van der Waals surface area contributed by atoms with Gasteiger partial charge >= 0.3 is 21.4 Å². The summed E-state index contributed by atoms with van der Waals surface area (Å²) >= 11 is 17.2. The number of alkyl halides is 10. The molecule has 0 amide bonds. The summed E-state index contributed by atoms with van der Waals surface area (Å²) in [6, 6.07) is 0. The normalized spacial score (nSPS) is 15.6. The summed E-state index contributed by atoms with van der Waals surface area (Å²) in [4.78, 5) is 0. The summed E-state index contributed by atoms with van der Waals surface area (Å²) in [6.45, 7) is 0. The van der Waals surface area contributed by atoms with Crippen molar-refractivity contribution < 1.29 is 31.1 Å². The highest BCUT2D eigenvalue weighted by atomic mass is 35.5. The van der Waals surface area contributed by atoms with Gasteiger partial charge < -0.3 is 0 Å². The van der Waals surface area contributed by atoms with E-state index in [1.807, 2.05) is 0 Å². The van der Waals surface area contributed by atoms with Gasteiger partial charge in [0.05, 0.1) is 0 Å². The summed E-state index contributed by atoms with van der Waals surface area (Å²) in [7, 11) is 0. The largest absolute Gasteiger partial charge is 0.447 e. The van der Waals surface area contributed by atoms with Crippen molar-refractivity contribution >= 4 is 46.4 Å². The molecule has 15 heavy (non-hydrogen) atoms. The molecule has 0 heterocycles. The summed E-state index contributed by atoms with van der Waals surface area (Å²) in [5, 5.41) is 0. The van der Waals surface area contributed by atoms with E-state index in [4.69, 9.17) is 0 Å². The second-order valence-electron chi connectivity index (χ2n) is 2.13. The molecule has 92 valence electrons. The van der Waals surface area contributed by atoms with Gasteiger partial charge in [-0.3, -0.25) is 4.74 Å². The van der Waals surface area contributed by atoms with E-state index in [0.29, 0.717) is 0 Å². The quantitative estimate of drug-likeness (QED) is 0.554. The molecular weight excluding hydrogens is 320 g/mol. The second kappa shape index (κ2) is 4.18. The van der Waals surface area contributed by atoms with Crippen LogP contribution in [0.15, 0.2) is 0 Å². The van der Waals surface area contributed by atoms with Gasteiger partial charge in [-0.1, -0.05) is 46.4 Å². The fourth-order valence-corrected chi connectivity index (χ4v) is 0.548. The second-order valence-corrected chi connectivity index (χ2v) is 4.62. The van der Waals surface area contributed by atoms with Crippen LogP contribution in [0.5, 0.6) is 0 Å². The van der Waals surface area contributed by atoms with Crippen LogP contribution in [0.3, 0.4) is 0 Å². The fraction of sp³-hybridized carbons (Fsp3) is 1.00. The first kappa shape index (κ1) is 15.7. The van der Waals surface area contributed by atoms with Crippen LogP contribution in [-0.2, 0) is 4.74 Å². The Hall–Kier alpha value is 0.700. The first-order valence-corrected chi connectivity index (χ1v) is 4.31. The molecule has 0 N–H and O–H groups in total. The van der Waals surface area contributed by atoms with Crippen LogP contribution < -0.4 is 0 Å². The molecule has 1 nitrogen and oxygen atoms in total. The third kappa shape index (κ3) is 3.89. The lowest BCUT2D eigenvalue weighted by molar-refractivity contribution is -0.333. The summed E-state index contributed by atoms with van der Waals surface area (Å²) in [6.07, 6.45) is -10.8. The lowest BCUT2D eigenvalue weighted by atomic mass is 10.6. The Morgan fingerprint density at radius 1 is 0.733 bits per heavy atom. The van der Waals surface area contributed by atoms with E-state index < -0.39 is 21.4 Å². The molecule has 0 aliphatic rings. The van der Waals surface area contributed by atoms with Gasteiger partial charge in [0, 0.05) is 0 Å². The number of hydrogen-bond acceptors (Lipinski definition) is 1. The topological polar surface area (TPSA) is 9.23 Å². The van der Waals surface area contributed by atoms with E-state index in [1.54, 1.807) is 0 Å². The first-order valence-electron chi connectivity index (χ1n) is 2.80. The summed E-state index contributed by atoms with van der Waals surface area (Å²) < 4.78 is 66.6. The third-order valence-corrected chi connectivity index (χ3v) is 1.94. The molecule has 0 saturated heterocycles. The first-order chi connectivity index (χ1) is 6.21. The molecule has 0 radical (unpaired) electrons. The molecule has 0 atom stereocenters. The fourth-order valence-electron chi connectivity index (χ4n) is 0.277. The van der Waals surface area contributed by atoms with E-state index in [1.165, 1.54) is 0 Å². The number of halogens is 10. The predicted molar refractivity (Wildman–Crippen MR) is 42.1 cm³/mol. The predicted octanol–water partition coefficient (Wildman–Crippen LogP) is 4.39. The maximum Gasteiger partial charge on any atom is 0.447 e. The molecule has 0 aromatic carbocycles. The van der Waals surface area contributed by atoms with Crippen molar-refractivity contribution in [3.05, 3.63) is 0 Å². The summed E-state index contributed by atoms with van der Waals surface area (Å²) in [5.41, 5.74) is 0. The molecule has 0 saturated carbocycles. The van der Waals surface area contributed by atoms with Crippen LogP contribution in [0.1, 0.15) is 0 Å². The van der Waals surface area contributed by atoms with Crippen molar-refractivity contribution in [3.8, 4) is 0 Å². The Morgan fingerprint density at radius 3 is 1.27 bits per heavy atom. The van der Waals surface area contributed by atoms with Gasteiger partial charge in [0.15, 0.2) is 0 Å². The van der Waals surface area contributed by atoms with Crippen molar-refractivity contribution in [2.75, 3.05) is 0 Å². The molecule has 0 aliphatic carbocycles. The van der Waals surface area contributed by atoms with Crippen molar-refractivity contribution in [2.24, 2.45) is 0 Å². The highest BCUT2D eigenvalue weighted by Gasteiger charge is 2.65. The molecule has 0 rings (SSSR count). The zero-order valence-corrected chi connectivity index (χ0v) is 9.21. The summed E-state index contributed by atoms with van der Waals surface area (Å²) in [5.74, 6) is 0. The van der Waals surface area contributed by atoms with Crippen molar-refractivity contribution in [3.63, 3.8) is 0 Å². The third-order valence-electron chi connectivity index (χ3n) is 0.916. The maximum absolute atomic E-state index is 12.4. The van der Waals surface area contributed by atoms with Gasteiger partial charge in [-0.25, -0.2) is 0 Å². The van der Waals surface area contributed by atoms with E-state index in [-0.39, 0.29) is 0 Å². The lowest BCUT2D eigenvalue weighted by Gasteiger charge is -2.30. The zero-order valence-electron chi connectivity index (χ0n) is 6.19. The van der Waals surface area contributed by atoms with Gasteiger partial charge in [0.2, 0.25) is 0 Å². The number of rotatable bonds is 3. The molecule has 0 spiro atoms. The van der Waals surface area contributed by atoms with Gasteiger partial charge in [-0.2, -0.15) is 26.3 Å². The Labute approximate surface area is 99.2 Å². The van der Waals surface area contributed by atoms with Crippen molar-refractivity contribution in [2.45, 2.75) is 21.4 Å². The molecular formula is C4Cl4F6O. The van der Waals surface area contributed by atoms with Crippen LogP contribution in [0.2, 0.25) is 0 Å². The van der Waals surface area contributed by atoms with Crippen LogP contribution >= 0.6 is 46.4 Å². The Morgan fingerprint density at radius 2 is 1.07 bits per heavy atom. The molecule has 0 fully saturated rings. The van der Waals surface area contributed by atoms with E-state index in [2.05, 4.69) is 51.1 Å². The average Bonchev–Trinajstić information content (AvgIpc) is 1.77. The van der Waals surface area contributed by atoms with Gasteiger partial charge in [0.25, 0.3) is 0 Å². The van der Waals surface area contributed by atoms with Gasteiger partial charge in [-0.05, 0) is 0 Å². The van der Waals surface area contributed by atoms with Crippen molar-refractivity contribution in [1.29, 1.82) is 0 Å². The highest BCUT2D eigenvalue weighted by molar-refractivity contribution is 6.49. The maximum atomic E-state index is 12.4. The highest BCUT2D eigenvalue weighted by Crippen LogP contribution is 2.49. The number of hydrogen-bond donors (Lipinski definition) is 0. The smallest absolute Gasteiger partial charge is 0.271 e. The molecule has 0 aromatic heterocycles. The molecule has 0 aliphatic heterocycles. The van der Waals surface area contributed by atoms with E-state index in [9.17, 15) is 26.3 Å². The lowest BCUT2D eigenvalue weighted by Crippen LogP contribution is -2.48. The Bertz CT molecular complexity index is 208. The number of ether oxygens (including phenoxy) is 1. The molecule has 0 aromatic rings. The minimum Gasteiger partial charge on any atom is -0.271 e. The monoisotopic (exact) mass is 318 g/mol. The van der Waals surface area contributed by atoms with E-state index >= 15 is 0 Å². The van der Waals surface area contributed by atoms with Crippen LogP contribution in [0, 0.1) is 0 Å². The average molecular weight is 320 g/mol. The molecule has 0 unspecified atom stereocenters. The van der Waals surface area contributed by atoms with Gasteiger partial charge in [-0.15, -0.1) is 0 Å². The van der Waals surface area contributed by atoms with Crippen molar-refractivity contribution in [1.82, 2.24) is 0 Å². The van der Waals surface area contributed by atoms with Crippen LogP contribution in [0.25, 0.3) is 0 Å². The SMILES string of the molecule is FC(F)(F)C(Cl)(Cl)OC(F)(F)C(F)(Cl)Cl. The molecule has 11 heteroatoms. The minimum absolute atomic E-state index is 2.79. The molecule has 0 bridgehead atoms. The van der Waals surface area contributed by atoms with Gasteiger partial charge in [0.1, 0.15) is 0 Å². The Balaban J connectivity index is 4.89. The minimum atomic E-state index is -5.58. The zero-order chi connectivity index (χ0) is 12.7. The Kier molecular flexibility index (Phi) is 4.37. The van der Waals surface area contributed by atoms with Crippen LogP contribution in [0.4, 0.5) is 26.3 Å². The van der Waals surface area contributed by atoms with E-state index in [0.717, 1.165) is 0 Å².